The second kappa shape index (κ2) is 4.23. The van der Waals surface area contributed by atoms with E-state index in [1.165, 1.54) is 11.3 Å². The van der Waals surface area contributed by atoms with Gasteiger partial charge in [0.15, 0.2) is 5.13 Å². The summed E-state index contributed by atoms with van der Waals surface area (Å²) >= 11 is 1.53. The average molecular weight is 198 g/mol. The highest BCUT2D eigenvalue weighted by molar-refractivity contribution is 7.13. The monoisotopic (exact) mass is 198 g/mol. The Balaban J connectivity index is 2.84. The second-order valence-electron chi connectivity index (χ2n) is 2.60. The summed E-state index contributed by atoms with van der Waals surface area (Å²) in [5.41, 5.74) is 5.89. The molecule has 0 aliphatic carbocycles. The van der Waals surface area contributed by atoms with Gasteiger partial charge in [-0.15, -0.1) is 11.3 Å². The van der Waals surface area contributed by atoms with E-state index in [4.69, 9.17) is 11.1 Å². The van der Waals surface area contributed by atoms with Gasteiger partial charge in [-0.1, -0.05) is 0 Å². The zero-order valence-electron chi connectivity index (χ0n) is 7.87. The second-order valence-corrected chi connectivity index (χ2v) is 3.44. The highest BCUT2D eigenvalue weighted by Gasteiger charge is 2.08. The molecular formula is C8H14N4S. The molecule has 72 valence electrons. The van der Waals surface area contributed by atoms with Gasteiger partial charge in [0, 0.05) is 18.5 Å². The van der Waals surface area contributed by atoms with Crippen LogP contribution in [0.4, 0.5) is 5.13 Å². The van der Waals surface area contributed by atoms with Gasteiger partial charge in [-0.05, 0) is 13.8 Å². The van der Waals surface area contributed by atoms with Crippen molar-refractivity contribution in [1.29, 1.82) is 5.41 Å². The zero-order valence-corrected chi connectivity index (χ0v) is 8.69. The van der Waals surface area contributed by atoms with Crippen LogP contribution in [0.3, 0.4) is 0 Å². The molecule has 13 heavy (non-hydrogen) atoms. The Labute approximate surface area is 81.9 Å². The maximum absolute atomic E-state index is 7.21. The summed E-state index contributed by atoms with van der Waals surface area (Å²) in [6.07, 6.45) is 0. The number of nitrogen functional groups attached to an aromatic ring is 1. The predicted octanol–water partition coefficient (Wildman–Crippen LogP) is 1.27. The van der Waals surface area contributed by atoms with Crippen molar-refractivity contribution in [2.24, 2.45) is 5.73 Å². The molecule has 0 aliphatic rings. The standard InChI is InChI=1S/C8H14N4S/c1-3-12(4-2)8-11-6(5-13-8)7(9)10/h5H,3-4H2,1-2H3,(H3,9,10). The number of anilines is 1. The first-order valence-electron chi connectivity index (χ1n) is 4.23. The van der Waals surface area contributed by atoms with Crippen LogP contribution in [0.25, 0.3) is 0 Å². The highest BCUT2D eigenvalue weighted by atomic mass is 32.1. The van der Waals surface area contributed by atoms with E-state index >= 15 is 0 Å². The molecule has 0 aromatic carbocycles. The average Bonchev–Trinajstić information content (AvgIpc) is 2.56. The number of nitrogens with zero attached hydrogens (tertiary/aromatic N) is 2. The molecule has 0 saturated carbocycles. The summed E-state index contributed by atoms with van der Waals surface area (Å²) in [6, 6.07) is 0. The van der Waals surface area contributed by atoms with Crippen molar-refractivity contribution in [2.75, 3.05) is 18.0 Å². The van der Waals surface area contributed by atoms with Crippen molar-refractivity contribution in [2.45, 2.75) is 13.8 Å². The predicted molar refractivity (Wildman–Crippen MR) is 56.7 cm³/mol. The first-order valence-corrected chi connectivity index (χ1v) is 5.11. The van der Waals surface area contributed by atoms with Crippen LogP contribution in [-0.4, -0.2) is 23.9 Å². The van der Waals surface area contributed by atoms with Crippen molar-refractivity contribution in [1.82, 2.24) is 4.98 Å². The van der Waals surface area contributed by atoms with Gasteiger partial charge in [-0.25, -0.2) is 4.98 Å². The smallest absolute Gasteiger partial charge is 0.185 e. The molecule has 0 bridgehead atoms. The maximum atomic E-state index is 7.21. The Morgan fingerprint density at radius 3 is 2.62 bits per heavy atom. The van der Waals surface area contributed by atoms with Gasteiger partial charge in [0.25, 0.3) is 0 Å². The first kappa shape index (κ1) is 9.98. The van der Waals surface area contributed by atoms with Gasteiger partial charge >= 0.3 is 0 Å². The molecule has 1 aromatic heterocycles. The van der Waals surface area contributed by atoms with Crippen molar-refractivity contribution in [3.63, 3.8) is 0 Å². The number of hydrogen-bond donors (Lipinski definition) is 2. The number of nitrogens with one attached hydrogen (secondary N) is 1. The lowest BCUT2D eigenvalue weighted by Gasteiger charge is -2.16. The minimum absolute atomic E-state index is 0.0367. The van der Waals surface area contributed by atoms with Crippen LogP contribution in [0.2, 0.25) is 0 Å². The Morgan fingerprint density at radius 2 is 2.23 bits per heavy atom. The Morgan fingerprint density at radius 1 is 1.62 bits per heavy atom. The van der Waals surface area contributed by atoms with Crippen LogP contribution in [0.5, 0.6) is 0 Å². The van der Waals surface area contributed by atoms with Gasteiger partial charge in [-0.2, -0.15) is 0 Å². The third-order valence-corrected chi connectivity index (χ3v) is 2.70. The fourth-order valence-electron chi connectivity index (χ4n) is 1.03. The van der Waals surface area contributed by atoms with Crippen LogP contribution in [-0.2, 0) is 0 Å². The van der Waals surface area contributed by atoms with E-state index in [0.717, 1.165) is 18.2 Å². The quantitative estimate of drug-likeness (QED) is 0.565. The van der Waals surface area contributed by atoms with E-state index < -0.39 is 0 Å². The SMILES string of the molecule is CCN(CC)c1nc(C(=N)N)cs1. The number of hydrogen-bond acceptors (Lipinski definition) is 4. The minimum atomic E-state index is 0.0367. The van der Waals surface area contributed by atoms with E-state index in [9.17, 15) is 0 Å². The van der Waals surface area contributed by atoms with Crippen LogP contribution >= 0.6 is 11.3 Å². The third-order valence-electron chi connectivity index (χ3n) is 1.80. The lowest BCUT2D eigenvalue weighted by atomic mass is 10.5. The molecule has 5 heteroatoms. The molecule has 1 rings (SSSR count). The fraction of sp³-hybridized carbons (Fsp3) is 0.500. The van der Waals surface area contributed by atoms with Crippen LogP contribution < -0.4 is 10.6 Å². The fourth-order valence-corrected chi connectivity index (χ4v) is 1.98. The summed E-state index contributed by atoms with van der Waals surface area (Å²) < 4.78 is 0. The third kappa shape index (κ3) is 2.18. The van der Waals surface area contributed by atoms with Gasteiger partial charge < -0.3 is 10.6 Å². The molecule has 0 fully saturated rings. The highest BCUT2D eigenvalue weighted by Crippen LogP contribution is 2.19. The number of aromatic nitrogens is 1. The normalized spacial score (nSPS) is 10.0. The molecule has 1 heterocycles. The Kier molecular flexibility index (Phi) is 3.25. The van der Waals surface area contributed by atoms with Gasteiger partial charge in [0.2, 0.25) is 0 Å². The molecule has 0 atom stereocenters. The molecular weight excluding hydrogens is 184 g/mol. The maximum Gasteiger partial charge on any atom is 0.185 e. The van der Waals surface area contributed by atoms with Crippen molar-refractivity contribution < 1.29 is 0 Å². The lowest BCUT2D eigenvalue weighted by molar-refractivity contribution is 0.859. The lowest BCUT2D eigenvalue weighted by Crippen LogP contribution is -2.22. The summed E-state index contributed by atoms with van der Waals surface area (Å²) in [5.74, 6) is 0.0367. The molecule has 0 spiro atoms. The van der Waals surface area contributed by atoms with E-state index in [1.54, 1.807) is 0 Å². The van der Waals surface area contributed by atoms with Crippen LogP contribution in [0.15, 0.2) is 5.38 Å². The number of rotatable bonds is 4. The molecule has 0 radical (unpaired) electrons. The molecule has 0 amide bonds. The van der Waals surface area contributed by atoms with E-state index in [0.29, 0.717) is 5.69 Å². The summed E-state index contributed by atoms with van der Waals surface area (Å²) in [5, 5.41) is 9.96. The summed E-state index contributed by atoms with van der Waals surface area (Å²) in [7, 11) is 0. The topological polar surface area (TPSA) is 66.0 Å². The largest absolute Gasteiger partial charge is 0.382 e. The van der Waals surface area contributed by atoms with Gasteiger partial charge in [-0.3, -0.25) is 5.41 Å². The number of nitrogens with two attached hydrogens (primary N) is 1. The van der Waals surface area contributed by atoms with Crippen molar-refractivity contribution >= 4 is 22.3 Å². The number of thiazole rings is 1. The molecule has 0 unspecified atom stereocenters. The molecule has 4 nitrogen and oxygen atoms in total. The van der Waals surface area contributed by atoms with E-state index in [1.807, 2.05) is 5.38 Å². The Hall–Kier alpha value is -1.10. The van der Waals surface area contributed by atoms with E-state index in [2.05, 4.69) is 23.7 Å². The Bertz CT molecular complexity index is 290. The molecule has 0 aliphatic heterocycles. The van der Waals surface area contributed by atoms with E-state index in [-0.39, 0.29) is 5.84 Å². The van der Waals surface area contributed by atoms with Crippen molar-refractivity contribution in [3.8, 4) is 0 Å². The summed E-state index contributed by atoms with van der Waals surface area (Å²) in [4.78, 5) is 6.38. The number of amidine groups is 1. The van der Waals surface area contributed by atoms with Gasteiger partial charge in [0.1, 0.15) is 11.5 Å². The summed E-state index contributed by atoms with van der Waals surface area (Å²) in [6.45, 7) is 6.03. The molecule has 1 aromatic rings. The van der Waals surface area contributed by atoms with Crippen LogP contribution in [0, 0.1) is 5.41 Å². The first-order chi connectivity index (χ1) is 6.19. The van der Waals surface area contributed by atoms with Crippen molar-refractivity contribution in [3.05, 3.63) is 11.1 Å². The molecule has 0 saturated heterocycles. The van der Waals surface area contributed by atoms with Gasteiger partial charge in [0.05, 0.1) is 0 Å². The zero-order chi connectivity index (χ0) is 9.84. The van der Waals surface area contributed by atoms with Crippen LogP contribution in [0.1, 0.15) is 19.5 Å². The molecule has 3 N–H and O–H groups in total. The minimum Gasteiger partial charge on any atom is -0.382 e.